The Balaban J connectivity index is 1.40. The Morgan fingerprint density at radius 1 is 1.00 bits per heavy atom. The number of para-hydroxylation sites is 1. The van der Waals surface area contributed by atoms with Gasteiger partial charge < -0.3 is 20.4 Å². The zero-order valence-electron chi connectivity index (χ0n) is 15.7. The van der Waals surface area contributed by atoms with E-state index in [4.69, 9.17) is 0 Å². The van der Waals surface area contributed by atoms with E-state index in [1.807, 2.05) is 30.3 Å². The number of urea groups is 1. The Hall–Kier alpha value is -2.57. The minimum atomic E-state index is -0.110. The number of nitrogens with zero attached hydrogens (tertiary/aromatic N) is 2. The molecule has 0 atom stereocenters. The van der Waals surface area contributed by atoms with Gasteiger partial charge >= 0.3 is 6.03 Å². The highest BCUT2D eigenvalue weighted by molar-refractivity contribution is 5.89. The molecule has 2 N–H and O–H groups in total. The van der Waals surface area contributed by atoms with Crippen LogP contribution in [0.1, 0.15) is 38.5 Å². The van der Waals surface area contributed by atoms with Gasteiger partial charge in [0.1, 0.15) is 0 Å². The highest BCUT2D eigenvalue weighted by Gasteiger charge is 2.25. The van der Waals surface area contributed by atoms with Crippen molar-refractivity contribution in [3.8, 4) is 0 Å². The maximum atomic E-state index is 12.3. The molecule has 2 aliphatic heterocycles. The largest absolute Gasteiger partial charge is 0.352 e. The van der Waals surface area contributed by atoms with Crippen LogP contribution in [-0.4, -0.2) is 59.9 Å². The minimum Gasteiger partial charge on any atom is -0.352 e. The number of rotatable bonds is 4. The van der Waals surface area contributed by atoms with Crippen LogP contribution >= 0.6 is 0 Å². The van der Waals surface area contributed by atoms with E-state index >= 15 is 0 Å². The summed E-state index contributed by atoms with van der Waals surface area (Å²) in [6.07, 6.45) is 4.92. The summed E-state index contributed by atoms with van der Waals surface area (Å²) in [6.45, 7) is 2.02. The molecule has 7 heteroatoms. The predicted octanol–water partition coefficient (Wildman–Crippen LogP) is 2.20. The molecule has 0 unspecified atom stereocenters. The standard InChI is InChI=1S/C20H28N4O3/c25-18(15-24-12-6-2-5-9-19(24)26)21-17-10-13-23(14-11-17)20(27)22-16-7-3-1-4-8-16/h1,3-4,7-8,17H,2,5-6,9-15H2,(H,21,25)(H,22,27). The normalized spacial score (nSPS) is 18.7. The zero-order chi connectivity index (χ0) is 19.1. The maximum absolute atomic E-state index is 12.3. The van der Waals surface area contributed by atoms with Crippen LogP contribution < -0.4 is 10.6 Å². The van der Waals surface area contributed by atoms with Crippen molar-refractivity contribution in [2.45, 2.75) is 44.6 Å². The summed E-state index contributed by atoms with van der Waals surface area (Å²) in [4.78, 5) is 40.1. The van der Waals surface area contributed by atoms with Crippen molar-refractivity contribution in [3.63, 3.8) is 0 Å². The molecule has 4 amide bonds. The molecule has 27 heavy (non-hydrogen) atoms. The molecule has 2 saturated heterocycles. The van der Waals surface area contributed by atoms with Crippen LogP contribution in [0.5, 0.6) is 0 Å². The predicted molar refractivity (Wildman–Crippen MR) is 103 cm³/mol. The Morgan fingerprint density at radius 3 is 2.48 bits per heavy atom. The monoisotopic (exact) mass is 372 g/mol. The number of amides is 4. The van der Waals surface area contributed by atoms with Crippen molar-refractivity contribution < 1.29 is 14.4 Å². The van der Waals surface area contributed by atoms with E-state index in [1.165, 1.54) is 0 Å². The smallest absolute Gasteiger partial charge is 0.321 e. The molecular formula is C20H28N4O3. The summed E-state index contributed by atoms with van der Waals surface area (Å²) >= 11 is 0. The van der Waals surface area contributed by atoms with E-state index in [-0.39, 0.29) is 30.4 Å². The zero-order valence-corrected chi connectivity index (χ0v) is 15.7. The van der Waals surface area contributed by atoms with E-state index in [0.29, 0.717) is 26.1 Å². The first-order valence-corrected chi connectivity index (χ1v) is 9.80. The number of hydrogen-bond donors (Lipinski definition) is 2. The highest BCUT2D eigenvalue weighted by Crippen LogP contribution is 2.14. The van der Waals surface area contributed by atoms with Crippen molar-refractivity contribution in [3.05, 3.63) is 30.3 Å². The van der Waals surface area contributed by atoms with Gasteiger partial charge in [0.2, 0.25) is 11.8 Å². The van der Waals surface area contributed by atoms with Crippen molar-refractivity contribution in [2.75, 3.05) is 31.5 Å². The molecule has 0 aliphatic carbocycles. The molecular weight excluding hydrogens is 344 g/mol. The van der Waals surface area contributed by atoms with Gasteiger partial charge in [-0.25, -0.2) is 4.79 Å². The molecule has 146 valence electrons. The Labute approximate surface area is 160 Å². The number of hydrogen-bond acceptors (Lipinski definition) is 3. The number of anilines is 1. The summed E-state index contributed by atoms with van der Waals surface area (Å²) < 4.78 is 0. The molecule has 2 fully saturated rings. The number of piperidine rings is 1. The van der Waals surface area contributed by atoms with Crippen LogP contribution in [0.25, 0.3) is 0 Å². The topological polar surface area (TPSA) is 81.8 Å². The van der Waals surface area contributed by atoms with Gasteiger partial charge in [-0.3, -0.25) is 9.59 Å². The van der Waals surface area contributed by atoms with Gasteiger partial charge in [0.15, 0.2) is 0 Å². The molecule has 0 bridgehead atoms. The lowest BCUT2D eigenvalue weighted by Crippen LogP contribution is -2.50. The molecule has 7 nitrogen and oxygen atoms in total. The second kappa shape index (κ2) is 9.39. The van der Waals surface area contributed by atoms with E-state index in [9.17, 15) is 14.4 Å². The molecule has 2 aliphatic rings. The minimum absolute atomic E-state index is 0.0559. The van der Waals surface area contributed by atoms with Crippen LogP contribution in [0.15, 0.2) is 30.3 Å². The number of nitrogens with one attached hydrogen (secondary N) is 2. The van der Waals surface area contributed by atoms with Crippen LogP contribution in [0.2, 0.25) is 0 Å². The summed E-state index contributed by atoms with van der Waals surface area (Å²) in [5, 5.41) is 5.91. The number of carbonyl (C=O) groups is 3. The number of benzene rings is 1. The van der Waals surface area contributed by atoms with Crippen molar-refractivity contribution in [1.82, 2.24) is 15.1 Å². The second-order valence-electron chi connectivity index (χ2n) is 7.25. The average molecular weight is 372 g/mol. The van der Waals surface area contributed by atoms with E-state index in [0.717, 1.165) is 37.8 Å². The first-order chi connectivity index (χ1) is 13.1. The summed E-state index contributed by atoms with van der Waals surface area (Å²) in [7, 11) is 0. The number of carbonyl (C=O) groups excluding carboxylic acids is 3. The van der Waals surface area contributed by atoms with Crippen molar-refractivity contribution >= 4 is 23.5 Å². The van der Waals surface area contributed by atoms with E-state index in [2.05, 4.69) is 10.6 Å². The molecule has 1 aromatic carbocycles. The van der Waals surface area contributed by atoms with E-state index < -0.39 is 0 Å². The lowest BCUT2D eigenvalue weighted by atomic mass is 10.1. The first-order valence-electron chi connectivity index (χ1n) is 9.80. The lowest BCUT2D eigenvalue weighted by molar-refractivity contribution is -0.135. The second-order valence-corrected chi connectivity index (χ2v) is 7.25. The highest BCUT2D eigenvalue weighted by atomic mass is 16.2. The fourth-order valence-corrected chi connectivity index (χ4v) is 3.60. The van der Waals surface area contributed by atoms with Crippen molar-refractivity contribution in [1.29, 1.82) is 0 Å². The van der Waals surface area contributed by atoms with Gasteiger partial charge in [0, 0.05) is 37.8 Å². The quantitative estimate of drug-likeness (QED) is 0.850. The van der Waals surface area contributed by atoms with Crippen LogP contribution in [0, 0.1) is 0 Å². The Bertz CT molecular complexity index is 656. The molecule has 2 heterocycles. The van der Waals surface area contributed by atoms with Crippen LogP contribution in [0.4, 0.5) is 10.5 Å². The maximum Gasteiger partial charge on any atom is 0.321 e. The molecule has 1 aromatic rings. The van der Waals surface area contributed by atoms with Gasteiger partial charge in [-0.2, -0.15) is 0 Å². The van der Waals surface area contributed by atoms with Gasteiger partial charge in [-0.15, -0.1) is 0 Å². The van der Waals surface area contributed by atoms with E-state index in [1.54, 1.807) is 9.80 Å². The fourth-order valence-electron chi connectivity index (χ4n) is 3.60. The number of likely N-dealkylation sites (tertiary alicyclic amines) is 2. The fraction of sp³-hybridized carbons (Fsp3) is 0.550. The third kappa shape index (κ3) is 5.70. The van der Waals surface area contributed by atoms with Gasteiger partial charge in [0.25, 0.3) is 0 Å². The summed E-state index contributed by atoms with van der Waals surface area (Å²) in [5.41, 5.74) is 0.778. The Kier molecular flexibility index (Phi) is 6.68. The van der Waals surface area contributed by atoms with Gasteiger partial charge in [0.05, 0.1) is 6.54 Å². The molecule has 0 radical (unpaired) electrons. The molecule has 0 aromatic heterocycles. The third-order valence-corrected chi connectivity index (χ3v) is 5.18. The summed E-state index contributed by atoms with van der Waals surface area (Å²) in [5.74, 6) is -0.0208. The molecule has 0 spiro atoms. The average Bonchev–Trinajstić information content (AvgIpc) is 2.87. The first kappa shape index (κ1) is 19.2. The van der Waals surface area contributed by atoms with Gasteiger partial charge in [-0.05, 0) is 37.8 Å². The van der Waals surface area contributed by atoms with Gasteiger partial charge in [-0.1, -0.05) is 24.6 Å². The third-order valence-electron chi connectivity index (χ3n) is 5.18. The Morgan fingerprint density at radius 2 is 1.74 bits per heavy atom. The van der Waals surface area contributed by atoms with Crippen LogP contribution in [0.3, 0.4) is 0 Å². The molecule has 3 rings (SSSR count). The van der Waals surface area contributed by atoms with Crippen molar-refractivity contribution in [2.24, 2.45) is 0 Å². The summed E-state index contributed by atoms with van der Waals surface area (Å²) in [6, 6.07) is 9.33. The lowest BCUT2D eigenvalue weighted by Gasteiger charge is -2.32. The SMILES string of the molecule is O=C(CN1CCCCCC1=O)NC1CCN(C(=O)Nc2ccccc2)CC1. The molecule has 0 saturated carbocycles. The van der Waals surface area contributed by atoms with Crippen LogP contribution in [-0.2, 0) is 9.59 Å².